The van der Waals surface area contributed by atoms with Crippen molar-refractivity contribution in [3.05, 3.63) is 53.6 Å². The Hall–Kier alpha value is -1.93. The van der Waals surface area contributed by atoms with Crippen molar-refractivity contribution in [3.63, 3.8) is 0 Å². The lowest BCUT2D eigenvalue weighted by Crippen LogP contribution is -2.35. The number of carbonyl (C=O) groups excluding carboxylic acids is 1. The van der Waals surface area contributed by atoms with Crippen molar-refractivity contribution in [3.8, 4) is 11.5 Å². The number of β-amino-alcohol motifs (C(OH)–C–C–N with tert-alkyl or cyclic N) is 1. The third kappa shape index (κ3) is 7.09. The number of rotatable bonds is 10. The second-order valence-electron chi connectivity index (χ2n) is 7.18. The molecule has 6 nitrogen and oxygen atoms in total. The predicted molar refractivity (Wildman–Crippen MR) is 122 cm³/mol. The molecule has 2 aromatic carbocycles. The Morgan fingerprint density at radius 3 is 2.83 bits per heavy atom. The number of hydrogen-bond acceptors (Lipinski definition) is 6. The van der Waals surface area contributed by atoms with Crippen LogP contribution in [0.25, 0.3) is 0 Å². The summed E-state index contributed by atoms with van der Waals surface area (Å²) in [7, 11) is 0. The van der Waals surface area contributed by atoms with E-state index < -0.39 is 6.10 Å². The largest absolute Gasteiger partial charge is 0.489 e. The lowest BCUT2D eigenvalue weighted by atomic mass is 10.3. The van der Waals surface area contributed by atoms with Crippen LogP contribution in [0.1, 0.15) is 6.42 Å². The maximum absolute atomic E-state index is 11.8. The zero-order valence-corrected chi connectivity index (χ0v) is 18.5. The van der Waals surface area contributed by atoms with Gasteiger partial charge in [0.2, 0.25) is 5.91 Å². The van der Waals surface area contributed by atoms with E-state index in [0.29, 0.717) is 28.8 Å². The van der Waals surface area contributed by atoms with Crippen LogP contribution in [0.2, 0.25) is 5.02 Å². The number of ether oxygens (including phenoxy) is 2. The Morgan fingerprint density at radius 1 is 1.30 bits per heavy atom. The minimum Gasteiger partial charge on any atom is -0.489 e. The molecule has 1 heterocycles. The zero-order chi connectivity index (χ0) is 21.3. The van der Waals surface area contributed by atoms with Crippen molar-refractivity contribution in [2.24, 2.45) is 0 Å². The molecule has 1 saturated heterocycles. The summed E-state index contributed by atoms with van der Waals surface area (Å²) >= 11 is 7.36. The first-order valence-corrected chi connectivity index (χ1v) is 11.6. The van der Waals surface area contributed by atoms with Gasteiger partial charge in [0, 0.05) is 24.7 Å². The Balaban J connectivity index is 1.43. The van der Waals surface area contributed by atoms with E-state index in [2.05, 4.69) is 10.2 Å². The lowest BCUT2D eigenvalue weighted by molar-refractivity contribution is -0.113. The number of benzene rings is 2. The Kier molecular flexibility index (Phi) is 8.69. The monoisotopic (exact) mass is 450 g/mol. The normalized spacial score (nSPS) is 17.5. The molecule has 1 fully saturated rings. The molecule has 2 aromatic rings. The van der Waals surface area contributed by atoms with Gasteiger partial charge >= 0.3 is 0 Å². The number of aliphatic hydroxyl groups excluding tert-OH is 1. The third-order valence-corrected chi connectivity index (χ3v) is 5.49. The highest BCUT2D eigenvalue weighted by molar-refractivity contribution is 7.99. The molecular formula is C22H27ClN2O4S. The molecule has 2 N–H and O–H groups in total. The first-order chi connectivity index (χ1) is 14.5. The van der Waals surface area contributed by atoms with Crippen molar-refractivity contribution >= 4 is 35.0 Å². The van der Waals surface area contributed by atoms with Gasteiger partial charge in [-0.3, -0.25) is 9.69 Å². The van der Waals surface area contributed by atoms with E-state index >= 15 is 0 Å². The third-order valence-electron chi connectivity index (χ3n) is 4.68. The summed E-state index contributed by atoms with van der Waals surface area (Å²) in [5.74, 6) is 1.65. The van der Waals surface area contributed by atoms with Gasteiger partial charge in [-0.1, -0.05) is 23.7 Å². The van der Waals surface area contributed by atoms with Crippen LogP contribution in [-0.4, -0.2) is 66.4 Å². The smallest absolute Gasteiger partial charge is 0.234 e. The number of nitrogens with one attached hydrogen (secondary N) is 1. The summed E-state index contributed by atoms with van der Waals surface area (Å²) in [6.07, 6.45) is 2.23. The van der Waals surface area contributed by atoms with Crippen LogP contribution < -0.4 is 14.8 Å². The molecule has 1 aliphatic heterocycles. The van der Waals surface area contributed by atoms with E-state index in [-0.39, 0.29) is 18.6 Å². The van der Waals surface area contributed by atoms with E-state index in [0.717, 1.165) is 25.3 Å². The second-order valence-corrected chi connectivity index (χ2v) is 8.49. The van der Waals surface area contributed by atoms with Crippen LogP contribution in [0.5, 0.6) is 11.5 Å². The molecule has 0 radical (unpaired) electrons. The Morgan fingerprint density at radius 2 is 2.07 bits per heavy atom. The van der Waals surface area contributed by atoms with Crippen LogP contribution in [0.3, 0.4) is 0 Å². The van der Waals surface area contributed by atoms with Crippen molar-refractivity contribution < 1.29 is 19.4 Å². The fourth-order valence-corrected chi connectivity index (χ4v) is 3.77. The molecule has 3 rings (SSSR count). The van der Waals surface area contributed by atoms with Gasteiger partial charge in [0.15, 0.2) is 0 Å². The number of thioether (sulfide) groups is 1. The first-order valence-electron chi connectivity index (χ1n) is 9.86. The Bertz CT molecular complexity index is 821. The number of amides is 1. The molecule has 30 heavy (non-hydrogen) atoms. The molecule has 0 aromatic heterocycles. The van der Waals surface area contributed by atoms with Crippen LogP contribution in [0.15, 0.2) is 48.5 Å². The average Bonchev–Trinajstić information content (AvgIpc) is 3.16. The molecule has 2 unspecified atom stereocenters. The molecule has 1 amide bonds. The van der Waals surface area contributed by atoms with E-state index in [1.807, 2.05) is 42.7 Å². The molecule has 0 aliphatic carbocycles. The minimum atomic E-state index is -0.644. The predicted octanol–water partition coefficient (Wildman–Crippen LogP) is 3.53. The van der Waals surface area contributed by atoms with Crippen LogP contribution >= 0.6 is 23.4 Å². The molecule has 1 aliphatic rings. The summed E-state index contributed by atoms with van der Waals surface area (Å²) in [6.45, 7) is 2.26. The van der Waals surface area contributed by atoms with Crippen LogP contribution in [0, 0.1) is 0 Å². The highest BCUT2D eigenvalue weighted by atomic mass is 35.5. The van der Waals surface area contributed by atoms with Crippen molar-refractivity contribution in [1.82, 2.24) is 4.90 Å². The molecule has 2 atom stereocenters. The van der Waals surface area contributed by atoms with Crippen LogP contribution in [-0.2, 0) is 4.79 Å². The summed E-state index contributed by atoms with van der Waals surface area (Å²) in [5.41, 5.74) is 0.612. The van der Waals surface area contributed by atoms with Crippen LogP contribution in [0.4, 0.5) is 5.69 Å². The van der Waals surface area contributed by atoms with E-state index in [4.69, 9.17) is 21.1 Å². The van der Waals surface area contributed by atoms with E-state index in [9.17, 15) is 9.90 Å². The summed E-state index contributed by atoms with van der Waals surface area (Å²) in [6, 6.07) is 14.6. The molecule has 0 spiro atoms. The van der Waals surface area contributed by atoms with Gasteiger partial charge in [0.05, 0.1) is 11.4 Å². The quantitative estimate of drug-likeness (QED) is 0.577. The summed E-state index contributed by atoms with van der Waals surface area (Å²) in [4.78, 5) is 14.0. The SMILES string of the molecule is CSCC(=O)Nc1ccccc1OCC(O)CN1CCC(Oc2ccc(Cl)cc2)C1. The maximum atomic E-state index is 11.8. The number of para-hydroxylation sites is 2. The van der Waals surface area contributed by atoms with E-state index in [1.165, 1.54) is 11.8 Å². The number of halogens is 1. The van der Waals surface area contributed by atoms with Gasteiger partial charge < -0.3 is 19.9 Å². The molecule has 8 heteroatoms. The highest BCUT2D eigenvalue weighted by Gasteiger charge is 2.25. The number of likely N-dealkylation sites (tertiary alicyclic amines) is 1. The van der Waals surface area contributed by atoms with Gasteiger partial charge in [-0.15, -0.1) is 0 Å². The summed E-state index contributed by atoms with van der Waals surface area (Å²) < 4.78 is 11.8. The van der Waals surface area contributed by atoms with Crippen molar-refractivity contribution in [1.29, 1.82) is 0 Å². The number of hydrogen-bond donors (Lipinski definition) is 2. The topological polar surface area (TPSA) is 71.0 Å². The zero-order valence-electron chi connectivity index (χ0n) is 16.9. The van der Waals surface area contributed by atoms with Crippen molar-refractivity contribution in [2.45, 2.75) is 18.6 Å². The molecule has 0 saturated carbocycles. The average molecular weight is 451 g/mol. The number of carbonyl (C=O) groups is 1. The number of anilines is 1. The standard InChI is InChI=1S/C22H27ClN2O4S/c1-30-15-22(27)24-20-4-2-3-5-21(20)28-14-17(26)12-25-11-10-19(13-25)29-18-8-6-16(23)7-9-18/h2-9,17,19,26H,10-15H2,1H3,(H,24,27). The fraction of sp³-hybridized carbons (Fsp3) is 0.409. The van der Waals surface area contributed by atoms with Gasteiger partial charge in [-0.05, 0) is 49.1 Å². The van der Waals surface area contributed by atoms with Gasteiger partial charge in [-0.25, -0.2) is 0 Å². The number of aliphatic hydroxyl groups is 1. The molecule has 162 valence electrons. The highest BCUT2D eigenvalue weighted by Crippen LogP contribution is 2.24. The summed E-state index contributed by atoms with van der Waals surface area (Å²) in [5, 5.41) is 13.9. The molecule has 0 bridgehead atoms. The maximum Gasteiger partial charge on any atom is 0.234 e. The lowest BCUT2D eigenvalue weighted by Gasteiger charge is -2.21. The van der Waals surface area contributed by atoms with E-state index in [1.54, 1.807) is 12.1 Å². The second kappa shape index (κ2) is 11.5. The van der Waals surface area contributed by atoms with Gasteiger partial charge in [0.25, 0.3) is 0 Å². The first kappa shape index (κ1) is 22.7. The fourth-order valence-electron chi connectivity index (χ4n) is 3.31. The Labute approximate surface area is 186 Å². The van der Waals surface area contributed by atoms with Gasteiger partial charge in [-0.2, -0.15) is 11.8 Å². The number of nitrogens with zero attached hydrogens (tertiary/aromatic N) is 1. The minimum absolute atomic E-state index is 0.0807. The van der Waals surface area contributed by atoms with Gasteiger partial charge in [0.1, 0.15) is 30.3 Å². The van der Waals surface area contributed by atoms with Crippen molar-refractivity contribution in [2.75, 3.05) is 43.6 Å². The molecular weight excluding hydrogens is 424 g/mol.